The van der Waals surface area contributed by atoms with Gasteiger partial charge in [-0.05, 0) is 56.0 Å². The van der Waals surface area contributed by atoms with Crippen LogP contribution in [0.3, 0.4) is 0 Å². The van der Waals surface area contributed by atoms with E-state index in [1.165, 1.54) is 25.7 Å². The Bertz CT molecular complexity index is 420. The molecule has 2 heterocycles. The normalized spacial score (nSPS) is 33.3. The second kappa shape index (κ2) is 4.87. The van der Waals surface area contributed by atoms with Crippen LogP contribution in [0.5, 0.6) is 0 Å². The van der Waals surface area contributed by atoms with Crippen molar-refractivity contribution in [3.63, 3.8) is 0 Å². The number of rotatable bonds is 2. The van der Waals surface area contributed by atoms with Gasteiger partial charge in [0, 0.05) is 12.0 Å². The number of nitrogens with zero attached hydrogens (tertiary/aromatic N) is 1. The maximum absolute atomic E-state index is 10.2. The molecule has 0 amide bonds. The highest BCUT2D eigenvalue weighted by Gasteiger charge is 2.44. The zero-order chi connectivity index (χ0) is 12.6. The van der Waals surface area contributed by atoms with Crippen LogP contribution in [0.4, 0.5) is 0 Å². The summed E-state index contributed by atoms with van der Waals surface area (Å²) in [7, 11) is 0. The Morgan fingerprint density at radius 3 is 2.89 bits per heavy atom. The molecule has 1 saturated carbocycles. The average molecular weight is 270 g/mol. The molecular weight excluding hydrogens is 250 g/mol. The van der Waals surface area contributed by atoms with Crippen LogP contribution in [0.2, 0.25) is 5.22 Å². The van der Waals surface area contributed by atoms with E-state index in [-0.39, 0.29) is 11.5 Å². The van der Waals surface area contributed by atoms with E-state index >= 15 is 0 Å². The lowest BCUT2D eigenvalue weighted by molar-refractivity contribution is -0.0136. The molecule has 4 heteroatoms. The zero-order valence-electron chi connectivity index (χ0n) is 10.6. The Morgan fingerprint density at radius 2 is 2.22 bits per heavy atom. The van der Waals surface area contributed by atoms with Gasteiger partial charge < -0.3 is 9.52 Å². The molecule has 0 radical (unpaired) electrons. The molecule has 2 fully saturated rings. The average Bonchev–Trinajstić information content (AvgIpc) is 2.88. The summed E-state index contributed by atoms with van der Waals surface area (Å²) < 4.78 is 5.43. The van der Waals surface area contributed by atoms with Crippen LogP contribution >= 0.6 is 11.6 Å². The van der Waals surface area contributed by atoms with E-state index in [0.29, 0.717) is 5.22 Å². The summed E-state index contributed by atoms with van der Waals surface area (Å²) in [6, 6.07) is 3.73. The minimum absolute atomic E-state index is 0.111. The fourth-order valence-electron chi connectivity index (χ4n) is 3.65. The third-order valence-electron chi connectivity index (χ3n) is 4.55. The molecule has 2 aliphatic rings. The Kier molecular flexibility index (Phi) is 3.39. The van der Waals surface area contributed by atoms with Gasteiger partial charge in [0.2, 0.25) is 0 Å². The lowest BCUT2D eigenvalue weighted by Crippen LogP contribution is -2.46. The second-order valence-electron chi connectivity index (χ2n) is 5.79. The zero-order valence-corrected chi connectivity index (χ0v) is 11.3. The fourth-order valence-corrected chi connectivity index (χ4v) is 3.81. The summed E-state index contributed by atoms with van der Waals surface area (Å²) >= 11 is 5.80. The van der Waals surface area contributed by atoms with Crippen molar-refractivity contribution in [3.8, 4) is 0 Å². The lowest BCUT2D eigenvalue weighted by Gasteiger charge is -2.42. The lowest BCUT2D eigenvalue weighted by atomic mass is 9.76. The number of likely N-dealkylation sites (tertiary alicyclic amines) is 1. The van der Waals surface area contributed by atoms with E-state index < -0.39 is 0 Å². The molecule has 1 aliphatic heterocycles. The quantitative estimate of drug-likeness (QED) is 0.897. The molecular formula is C14H20ClNO2. The highest BCUT2D eigenvalue weighted by molar-refractivity contribution is 6.28. The summed E-state index contributed by atoms with van der Waals surface area (Å²) in [5, 5.41) is 10.7. The van der Waals surface area contributed by atoms with Gasteiger partial charge in [0.05, 0.1) is 12.6 Å². The minimum atomic E-state index is -0.111. The summed E-state index contributed by atoms with van der Waals surface area (Å²) in [4.78, 5) is 2.40. The number of furan rings is 1. The molecule has 1 aromatic rings. The predicted molar refractivity (Wildman–Crippen MR) is 70.5 cm³/mol. The Morgan fingerprint density at radius 1 is 1.39 bits per heavy atom. The number of aliphatic hydroxyl groups is 1. The van der Waals surface area contributed by atoms with Crippen LogP contribution in [0, 0.1) is 5.41 Å². The maximum atomic E-state index is 10.2. The van der Waals surface area contributed by atoms with Gasteiger partial charge in [-0.3, -0.25) is 4.90 Å². The molecule has 3 nitrogen and oxygen atoms in total. The highest BCUT2D eigenvalue weighted by atomic mass is 35.5. The number of aliphatic hydroxyl groups excluding tert-OH is 1. The van der Waals surface area contributed by atoms with Crippen LogP contribution in [-0.2, 0) is 6.54 Å². The first-order valence-corrected chi connectivity index (χ1v) is 7.20. The molecule has 2 atom stereocenters. The van der Waals surface area contributed by atoms with E-state index in [2.05, 4.69) is 4.90 Å². The van der Waals surface area contributed by atoms with Gasteiger partial charge in [0.1, 0.15) is 5.76 Å². The SMILES string of the molecule is O[C@@H]1CCC[C@]12CCCN(Cc1ccc(Cl)o1)C2. The van der Waals surface area contributed by atoms with Crippen LogP contribution in [0.1, 0.15) is 37.9 Å². The van der Waals surface area contributed by atoms with Gasteiger partial charge in [-0.1, -0.05) is 6.42 Å². The maximum Gasteiger partial charge on any atom is 0.193 e. The molecule has 1 aromatic heterocycles. The van der Waals surface area contributed by atoms with Crippen molar-refractivity contribution in [1.29, 1.82) is 0 Å². The molecule has 1 aliphatic carbocycles. The van der Waals surface area contributed by atoms with Gasteiger partial charge in [-0.15, -0.1) is 0 Å². The monoisotopic (exact) mass is 269 g/mol. The third-order valence-corrected chi connectivity index (χ3v) is 4.76. The van der Waals surface area contributed by atoms with Gasteiger partial charge in [-0.2, -0.15) is 0 Å². The molecule has 18 heavy (non-hydrogen) atoms. The van der Waals surface area contributed by atoms with E-state index in [9.17, 15) is 5.11 Å². The summed E-state index contributed by atoms with van der Waals surface area (Å²) in [5.41, 5.74) is 0.147. The van der Waals surface area contributed by atoms with E-state index in [0.717, 1.165) is 31.8 Å². The Hall–Kier alpha value is -0.510. The highest BCUT2D eigenvalue weighted by Crippen LogP contribution is 2.45. The first kappa shape index (κ1) is 12.5. The molecule has 1 spiro atoms. The first-order valence-electron chi connectivity index (χ1n) is 6.83. The summed E-state index contributed by atoms with van der Waals surface area (Å²) in [6.07, 6.45) is 5.54. The molecule has 100 valence electrons. The molecule has 1 saturated heterocycles. The summed E-state index contributed by atoms with van der Waals surface area (Å²) in [6.45, 7) is 2.89. The van der Waals surface area contributed by atoms with Crippen molar-refractivity contribution in [2.24, 2.45) is 5.41 Å². The van der Waals surface area contributed by atoms with Crippen molar-refractivity contribution in [2.75, 3.05) is 13.1 Å². The van der Waals surface area contributed by atoms with Gasteiger partial charge in [0.25, 0.3) is 0 Å². The third kappa shape index (κ3) is 2.31. The number of hydrogen-bond donors (Lipinski definition) is 1. The van der Waals surface area contributed by atoms with Crippen LogP contribution < -0.4 is 0 Å². The molecule has 0 bridgehead atoms. The topological polar surface area (TPSA) is 36.6 Å². The van der Waals surface area contributed by atoms with Crippen LogP contribution in [-0.4, -0.2) is 29.2 Å². The first-order chi connectivity index (χ1) is 8.68. The minimum Gasteiger partial charge on any atom is -0.448 e. The van der Waals surface area contributed by atoms with E-state index in [1.54, 1.807) is 6.07 Å². The van der Waals surface area contributed by atoms with Crippen molar-refractivity contribution in [1.82, 2.24) is 4.90 Å². The van der Waals surface area contributed by atoms with Crippen LogP contribution in [0.15, 0.2) is 16.5 Å². The van der Waals surface area contributed by atoms with Crippen molar-refractivity contribution in [3.05, 3.63) is 23.1 Å². The van der Waals surface area contributed by atoms with Gasteiger partial charge in [-0.25, -0.2) is 0 Å². The number of hydrogen-bond acceptors (Lipinski definition) is 3. The van der Waals surface area contributed by atoms with Gasteiger partial charge in [0.15, 0.2) is 5.22 Å². The molecule has 3 rings (SSSR count). The smallest absolute Gasteiger partial charge is 0.193 e. The molecule has 1 N–H and O–H groups in total. The second-order valence-corrected chi connectivity index (χ2v) is 6.16. The molecule has 0 unspecified atom stereocenters. The van der Waals surface area contributed by atoms with Crippen molar-refractivity contribution in [2.45, 2.75) is 44.8 Å². The Labute approximate surface area is 113 Å². The Balaban J connectivity index is 1.67. The number of halogens is 1. The molecule has 0 aromatic carbocycles. The van der Waals surface area contributed by atoms with Crippen molar-refractivity contribution < 1.29 is 9.52 Å². The van der Waals surface area contributed by atoms with Gasteiger partial charge >= 0.3 is 0 Å². The van der Waals surface area contributed by atoms with E-state index in [4.69, 9.17) is 16.0 Å². The summed E-state index contributed by atoms with van der Waals surface area (Å²) in [5.74, 6) is 0.921. The fraction of sp³-hybridized carbons (Fsp3) is 0.714. The van der Waals surface area contributed by atoms with Crippen LogP contribution in [0.25, 0.3) is 0 Å². The standard InChI is InChI=1S/C14H20ClNO2/c15-13-5-4-11(18-13)9-16-8-2-7-14(10-16)6-1-3-12(14)17/h4-5,12,17H,1-3,6-10H2/t12-,14-/m1/s1. The largest absolute Gasteiger partial charge is 0.448 e. The van der Waals surface area contributed by atoms with E-state index in [1.807, 2.05) is 6.07 Å². The predicted octanol–water partition coefficient (Wildman–Crippen LogP) is 3.06. The van der Waals surface area contributed by atoms with Crippen molar-refractivity contribution >= 4 is 11.6 Å². The number of piperidine rings is 1.